The number of sulfonamides is 1. The van der Waals surface area contributed by atoms with Crippen LogP contribution < -0.4 is 4.90 Å². The summed E-state index contributed by atoms with van der Waals surface area (Å²) in [4.78, 5) is 18.8. The number of hydrogen-bond acceptors (Lipinski definition) is 7. The molecule has 0 bridgehead atoms. The molecule has 1 fully saturated rings. The van der Waals surface area contributed by atoms with Crippen LogP contribution in [0.1, 0.15) is 19.9 Å². The van der Waals surface area contributed by atoms with E-state index in [-0.39, 0.29) is 11.1 Å². The normalized spacial score (nSPS) is 16.0. The highest BCUT2D eigenvalue weighted by Gasteiger charge is 2.30. The summed E-state index contributed by atoms with van der Waals surface area (Å²) in [5, 5.41) is 0.0964. The smallest absolute Gasteiger partial charge is 0.262 e. The molecule has 11 heteroatoms. The molecule has 0 amide bonds. The molecule has 0 aliphatic carbocycles. The average Bonchev–Trinajstić information content (AvgIpc) is 3.40. The molecule has 28 heavy (non-hydrogen) atoms. The lowest BCUT2D eigenvalue weighted by Crippen LogP contribution is -2.49. The van der Waals surface area contributed by atoms with E-state index in [1.54, 1.807) is 34.2 Å². The monoisotopic (exact) mass is 402 g/mol. The van der Waals surface area contributed by atoms with Gasteiger partial charge in [-0.1, -0.05) is 0 Å². The van der Waals surface area contributed by atoms with Crippen LogP contribution in [0.5, 0.6) is 0 Å². The van der Waals surface area contributed by atoms with Gasteiger partial charge in [-0.2, -0.15) is 4.31 Å². The van der Waals surface area contributed by atoms with E-state index < -0.39 is 10.0 Å². The summed E-state index contributed by atoms with van der Waals surface area (Å²) in [7, 11) is -3.59. The standard InChI is InChI=1S/C17H22N8O2S/c1-14(2)24-10-17(21-13-24)28(26,27)25-7-5-22(6-8-25)15-9-16(20-11-19-15)23-4-3-18-12-23/h3-4,9-14H,5-8H2,1-2H3. The minimum atomic E-state index is -3.59. The highest BCUT2D eigenvalue weighted by atomic mass is 32.2. The molecule has 3 aromatic heterocycles. The maximum Gasteiger partial charge on any atom is 0.262 e. The number of hydrogen-bond donors (Lipinski definition) is 0. The molecular weight excluding hydrogens is 380 g/mol. The Hall–Kier alpha value is -2.79. The third kappa shape index (κ3) is 3.50. The zero-order chi connectivity index (χ0) is 19.7. The molecule has 10 nitrogen and oxygen atoms in total. The molecule has 1 saturated heterocycles. The highest BCUT2D eigenvalue weighted by Crippen LogP contribution is 2.20. The topological polar surface area (TPSA) is 102 Å². The summed E-state index contributed by atoms with van der Waals surface area (Å²) in [6, 6.07) is 2.03. The maximum atomic E-state index is 12.9. The van der Waals surface area contributed by atoms with Crippen molar-refractivity contribution in [3.05, 3.63) is 43.6 Å². The number of piperazine rings is 1. The molecule has 4 rings (SSSR count). The predicted octanol–water partition coefficient (Wildman–Crippen LogP) is 0.951. The van der Waals surface area contributed by atoms with E-state index >= 15 is 0 Å². The maximum absolute atomic E-state index is 12.9. The lowest BCUT2D eigenvalue weighted by atomic mass is 10.3. The van der Waals surface area contributed by atoms with E-state index in [9.17, 15) is 8.42 Å². The van der Waals surface area contributed by atoms with Crippen molar-refractivity contribution in [3.63, 3.8) is 0 Å². The van der Waals surface area contributed by atoms with Crippen LogP contribution in [0, 0.1) is 0 Å². The zero-order valence-corrected chi connectivity index (χ0v) is 16.6. The second-order valence-corrected chi connectivity index (χ2v) is 8.73. The summed E-state index contributed by atoms with van der Waals surface area (Å²) >= 11 is 0. The zero-order valence-electron chi connectivity index (χ0n) is 15.7. The molecule has 1 aliphatic heterocycles. The first-order valence-corrected chi connectivity index (χ1v) is 10.5. The van der Waals surface area contributed by atoms with E-state index in [4.69, 9.17) is 0 Å². The van der Waals surface area contributed by atoms with Gasteiger partial charge in [-0.25, -0.2) is 28.4 Å². The Balaban J connectivity index is 1.46. The van der Waals surface area contributed by atoms with Crippen LogP contribution in [0.15, 0.2) is 48.7 Å². The van der Waals surface area contributed by atoms with Crippen molar-refractivity contribution < 1.29 is 8.42 Å². The van der Waals surface area contributed by atoms with Gasteiger partial charge in [-0.15, -0.1) is 0 Å². The van der Waals surface area contributed by atoms with Crippen LogP contribution in [-0.2, 0) is 10.0 Å². The largest absolute Gasteiger partial charge is 0.354 e. The van der Waals surface area contributed by atoms with Gasteiger partial charge in [0, 0.05) is 56.9 Å². The molecule has 0 saturated carbocycles. The fourth-order valence-electron chi connectivity index (χ4n) is 3.07. The Kier molecular flexibility index (Phi) is 4.85. The second-order valence-electron chi connectivity index (χ2n) is 6.85. The quantitative estimate of drug-likeness (QED) is 0.626. The van der Waals surface area contributed by atoms with Crippen molar-refractivity contribution in [1.82, 2.24) is 33.4 Å². The third-order valence-corrected chi connectivity index (χ3v) is 6.53. The molecule has 4 heterocycles. The molecule has 0 atom stereocenters. The highest BCUT2D eigenvalue weighted by molar-refractivity contribution is 7.89. The van der Waals surface area contributed by atoms with Crippen LogP contribution >= 0.6 is 0 Å². The lowest BCUT2D eigenvalue weighted by Gasteiger charge is -2.34. The molecule has 0 unspecified atom stereocenters. The van der Waals surface area contributed by atoms with Gasteiger partial charge in [-0.3, -0.25) is 4.57 Å². The number of imidazole rings is 2. The molecule has 0 spiro atoms. The van der Waals surface area contributed by atoms with E-state index in [0.29, 0.717) is 26.2 Å². The predicted molar refractivity (Wildman–Crippen MR) is 103 cm³/mol. The van der Waals surface area contributed by atoms with E-state index in [1.807, 2.05) is 26.1 Å². The Morgan fingerprint density at radius 3 is 2.39 bits per heavy atom. The average molecular weight is 402 g/mol. The summed E-state index contributed by atoms with van der Waals surface area (Å²) in [5.41, 5.74) is 0. The number of anilines is 1. The molecular formula is C17H22N8O2S. The number of aromatic nitrogens is 6. The van der Waals surface area contributed by atoms with E-state index in [0.717, 1.165) is 11.6 Å². The summed E-state index contributed by atoms with van der Waals surface area (Å²) in [6.45, 7) is 5.81. The number of rotatable bonds is 5. The van der Waals surface area contributed by atoms with Gasteiger partial charge in [0.25, 0.3) is 10.0 Å². The second kappa shape index (κ2) is 7.32. The lowest BCUT2D eigenvalue weighted by molar-refractivity contribution is 0.382. The molecule has 0 aromatic carbocycles. The first-order valence-electron chi connectivity index (χ1n) is 9.04. The minimum absolute atomic E-state index is 0.0964. The molecule has 0 N–H and O–H groups in total. The van der Waals surface area contributed by atoms with Crippen molar-refractivity contribution in [2.24, 2.45) is 0 Å². The van der Waals surface area contributed by atoms with Crippen LogP contribution in [-0.4, -0.2) is 68.0 Å². The van der Waals surface area contributed by atoms with Gasteiger partial charge in [0.05, 0.1) is 6.33 Å². The van der Waals surface area contributed by atoms with Crippen molar-refractivity contribution in [2.75, 3.05) is 31.1 Å². The van der Waals surface area contributed by atoms with Gasteiger partial charge in [0.2, 0.25) is 0 Å². The molecule has 3 aromatic rings. The first-order chi connectivity index (χ1) is 13.4. The summed E-state index contributed by atoms with van der Waals surface area (Å²) in [6.07, 6.45) is 9.83. The number of nitrogens with zero attached hydrogens (tertiary/aromatic N) is 8. The van der Waals surface area contributed by atoms with Gasteiger partial charge in [0.15, 0.2) is 5.03 Å². The van der Waals surface area contributed by atoms with E-state index in [2.05, 4.69) is 24.8 Å². The Morgan fingerprint density at radius 2 is 1.75 bits per heavy atom. The van der Waals surface area contributed by atoms with E-state index in [1.165, 1.54) is 10.6 Å². The van der Waals surface area contributed by atoms with Crippen LogP contribution in [0.3, 0.4) is 0 Å². The Bertz CT molecular complexity index is 1040. The molecule has 1 aliphatic rings. The first kappa shape index (κ1) is 18.6. The molecule has 0 radical (unpaired) electrons. The van der Waals surface area contributed by atoms with Crippen molar-refractivity contribution in [1.29, 1.82) is 0 Å². The van der Waals surface area contributed by atoms with Crippen molar-refractivity contribution >= 4 is 15.8 Å². The van der Waals surface area contributed by atoms with Gasteiger partial charge < -0.3 is 9.47 Å². The fourth-order valence-corrected chi connectivity index (χ4v) is 4.41. The van der Waals surface area contributed by atoms with Crippen molar-refractivity contribution in [2.45, 2.75) is 24.9 Å². The Morgan fingerprint density at radius 1 is 1.00 bits per heavy atom. The Labute approximate surface area is 163 Å². The van der Waals surface area contributed by atoms with Crippen LogP contribution in [0.2, 0.25) is 0 Å². The van der Waals surface area contributed by atoms with Crippen LogP contribution in [0.25, 0.3) is 5.82 Å². The van der Waals surface area contributed by atoms with Gasteiger partial charge in [0.1, 0.15) is 24.3 Å². The van der Waals surface area contributed by atoms with Crippen molar-refractivity contribution in [3.8, 4) is 5.82 Å². The van der Waals surface area contributed by atoms with Gasteiger partial charge >= 0.3 is 0 Å². The third-order valence-electron chi connectivity index (χ3n) is 4.75. The minimum Gasteiger partial charge on any atom is -0.354 e. The fraction of sp³-hybridized carbons (Fsp3) is 0.412. The van der Waals surface area contributed by atoms with Gasteiger partial charge in [-0.05, 0) is 13.8 Å². The summed E-state index contributed by atoms with van der Waals surface area (Å²) < 4.78 is 30.8. The summed E-state index contributed by atoms with van der Waals surface area (Å²) in [5.74, 6) is 1.48. The van der Waals surface area contributed by atoms with Crippen LogP contribution in [0.4, 0.5) is 5.82 Å². The SMILES string of the molecule is CC(C)n1cnc(S(=O)(=O)N2CCN(c3cc(-n4ccnc4)ncn3)CC2)c1. The molecule has 148 valence electrons.